The Hall–Kier alpha value is -4.21. The summed E-state index contributed by atoms with van der Waals surface area (Å²) in [7, 11) is 0. The van der Waals surface area contributed by atoms with Gasteiger partial charge in [0.25, 0.3) is 17.7 Å². The molecular formula is C30H21BrFN3O3S. The first kappa shape index (κ1) is 26.4. The van der Waals surface area contributed by atoms with Crippen LogP contribution in [0.15, 0.2) is 117 Å². The summed E-state index contributed by atoms with van der Waals surface area (Å²) in [5.74, 6) is -1.76. The number of rotatable bonds is 7. The summed E-state index contributed by atoms with van der Waals surface area (Å²) in [4.78, 5) is 41.4. The molecule has 0 saturated carbocycles. The number of imide groups is 1. The molecule has 6 nitrogen and oxygen atoms in total. The van der Waals surface area contributed by atoms with Crippen LogP contribution in [0.3, 0.4) is 0 Å². The quantitative estimate of drug-likeness (QED) is 0.220. The molecule has 0 aliphatic carbocycles. The van der Waals surface area contributed by atoms with Gasteiger partial charge in [0.15, 0.2) is 0 Å². The molecule has 0 aromatic heterocycles. The van der Waals surface area contributed by atoms with Crippen LogP contribution < -0.4 is 15.5 Å². The van der Waals surface area contributed by atoms with E-state index in [4.69, 9.17) is 0 Å². The van der Waals surface area contributed by atoms with Crippen molar-refractivity contribution in [1.82, 2.24) is 0 Å². The zero-order valence-electron chi connectivity index (χ0n) is 20.6. The number of hydrogen-bond donors (Lipinski definition) is 2. The third kappa shape index (κ3) is 5.94. The van der Waals surface area contributed by atoms with Gasteiger partial charge in [0.2, 0.25) is 0 Å². The summed E-state index contributed by atoms with van der Waals surface area (Å²) in [6, 6.07) is 26.6. The Balaban J connectivity index is 1.40. The number of carbonyl (C=O) groups is 3. The van der Waals surface area contributed by atoms with E-state index in [-0.39, 0.29) is 22.2 Å². The van der Waals surface area contributed by atoms with Crippen molar-refractivity contribution in [2.75, 3.05) is 15.5 Å². The van der Waals surface area contributed by atoms with Gasteiger partial charge >= 0.3 is 0 Å². The Bertz CT molecular complexity index is 1590. The molecule has 1 heterocycles. The van der Waals surface area contributed by atoms with Crippen LogP contribution in [-0.2, 0) is 9.59 Å². The number of hydrogen-bond acceptors (Lipinski definition) is 5. The highest BCUT2D eigenvalue weighted by atomic mass is 79.9. The van der Waals surface area contributed by atoms with E-state index in [1.807, 2.05) is 31.2 Å². The summed E-state index contributed by atoms with van der Waals surface area (Å²) in [5, 5.41) is 5.95. The second-order valence-corrected chi connectivity index (χ2v) is 10.7. The molecule has 0 spiro atoms. The maximum atomic E-state index is 13.5. The highest BCUT2D eigenvalue weighted by molar-refractivity contribution is 9.10. The van der Waals surface area contributed by atoms with Crippen molar-refractivity contribution < 1.29 is 18.8 Å². The Labute approximate surface area is 237 Å². The summed E-state index contributed by atoms with van der Waals surface area (Å²) in [6.07, 6.45) is 0. The molecule has 39 heavy (non-hydrogen) atoms. The maximum Gasteiger partial charge on any atom is 0.283 e. The van der Waals surface area contributed by atoms with Crippen molar-refractivity contribution in [3.63, 3.8) is 0 Å². The molecule has 9 heteroatoms. The second kappa shape index (κ2) is 11.3. The van der Waals surface area contributed by atoms with Crippen molar-refractivity contribution in [2.45, 2.75) is 11.8 Å². The number of thioether (sulfide) groups is 1. The molecule has 0 bridgehead atoms. The van der Waals surface area contributed by atoms with Gasteiger partial charge in [-0.25, -0.2) is 9.29 Å². The van der Waals surface area contributed by atoms with Gasteiger partial charge in [0.05, 0.1) is 5.69 Å². The van der Waals surface area contributed by atoms with E-state index in [2.05, 4.69) is 26.6 Å². The lowest BCUT2D eigenvalue weighted by atomic mass is 10.2. The van der Waals surface area contributed by atoms with Gasteiger partial charge in [-0.15, -0.1) is 0 Å². The van der Waals surface area contributed by atoms with Gasteiger partial charge in [-0.1, -0.05) is 45.4 Å². The Morgan fingerprint density at radius 1 is 0.795 bits per heavy atom. The molecular weight excluding hydrogens is 581 g/mol. The first-order valence-electron chi connectivity index (χ1n) is 11.9. The number of benzene rings is 4. The topological polar surface area (TPSA) is 78.5 Å². The maximum absolute atomic E-state index is 13.5. The van der Waals surface area contributed by atoms with Crippen molar-refractivity contribution in [3.05, 3.63) is 129 Å². The third-order valence-corrected chi connectivity index (χ3v) is 7.50. The van der Waals surface area contributed by atoms with Gasteiger partial charge in [0.1, 0.15) is 16.4 Å². The molecule has 4 aromatic carbocycles. The Morgan fingerprint density at radius 3 is 2.05 bits per heavy atom. The van der Waals surface area contributed by atoms with E-state index < -0.39 is 17.6 Å². The average molecular weight is 602 g/mol. The summed E-state index contributed by atoms with van der Waals surface area (Å²) >= 11 is 4.49. The van der Waals surface area contributed by atoms with Gasteiger partial charge in [0, 0.05) is 26.3 Å². The van der Waals surface area contributed by atoms with E-state index in [1.54, 1.807) is 48.5 Å². The molecule has 4 aromatic rings. The van der Waals surface area contributed by atoms with Crippen LogP contribution >= 0.6 is 27.7 Å². The smallest absolute Gasteiger partial charge is 0.283 e. The van der Waals surface area contributed by atoms with E-state index in [1.165, 1.54) is 24.3 Å². The van der Waals surface area contributed by atoms with Crippen molar-refractivity contribution in [3.8, 4) is 0 Å². The van der Waals surface area contributed by atoms with Crippen LogP contribution in [0.1, 0.15) is 15.9 Å². The molecule has 1 aliphatic rings. The zero-order valence-corrected chi connectivity index (χ0v) is 23.0. The summed E-state index contributed by atoms with van der Waals surface area (Å²) < 4.78 is 14.4. The Morgan fingerprint density at radius 2 is 1.41 bits per heavy atom. The SMILES string of the molecule is Cc1ccc(NC2=C(Sc3ccc(NC(=O)c4ccc(Br)cc4)cc3)C(=O)N(c3ccc(F)cc3)C2=O)cc1. The predicted octanol–water partition coefficient (Wildman–Crippen LogP) is 7.14. The van der Waals surface area contributed by atoms with E-state index in [9.17, 15) is 18.8 Å². The summed E-state index contributed by atoms with van der Waals surface area (Å²) in [6.45, 7) is 1.95. The fraction of sp³-hybridized carbons (Fsp3) is 0.0333. The highest BCUT2D eigenvalue weighted by Crippen LogP contribution is 2.38. The molecule has 1 aliphatic heterocycles. The van der Waals surface area contributed by atoms with Crippen LogP contribution in [0.2, 0.25) is 0 Å². The predicted molar refractivity (Wildman–Crippen MR) is 155 cm³/mol. The van der Waals surface area contributed by atoms with E-state index >= 15 is 0 Å². The number of nitrogens with zero attached hydrogens (tertiary/aromatic N) is 1. The molecule has 0 radical (unpaired) electrons. The molecule has 2 N–H and O–H groups in total. The largest absolute Gasteiger partial charge is 0.350 e. The molecule has 0 unspecified atom stereocenters. The minimum absolute atomic E-state index is 0.130. The van der Waals surface area contributed by atoms with Crippen LogP contribution in [0, 0.1) is 12.7 Å². The van der Waals surface area contributed by atoms with Crippen LogP contribution in [0.4, 0.5) is 21.5 Å². The summed E-state index contributed by atoms with van der Waals surface area (Å²) in [5.41, 5.74) is 3.22. The van der Waals surface area contributed by atoms with E-state index in [0.717, 1.165) is 26.7 Å². The van der Waals surface area contributed by atoms with Crippen LogP contribution in [0.25, 0.3) is 0 Å². The van der Waals surface area contributed by atoms with Crippen LogP contribution in [0.5, 0.6) is 0 Å². The first-order chi connectivity index (χ1) is 18.8. The van der Waals surface area contributed by atoms with Gasteiger partial charge in [-0.2, -0.15) is 0 Å². The Kier molecular flexibility index (Phi) is 7.63. The molecule has 5 rings (SSSR count). The zero-order chi connectivity index (χ0) is 27.5. The van der Waals surface area contributed by atoms with Crippen molar-refractivity contribution in [2.24, 2.45) is 0 Å². The molecule has 194 valence electrons. The third-order valence-electron chi connectivity index (χ3n) is 5.89. The van der Waals surface area contributed by atoms with Gasteiger partial charge in [-0.3, -0.25) is 14.4 Å². The van der Waals surface area contributed by atoms with Gasteiger partial charge in [-0.05, 0) is 91.9 Å². The number of carbonyl (C=O) groups excluding carboxylic acids is 3. The van der Waals surface area contributed by atoms with E-state index in [0.29, 0.717) is 21.8 Å². The lowest BCUT2D eigenvalue weighted by molar-refractivity contribution is -0.120. The number of aryl methyl sites for hydroxylation is 1. The molecule has 0 atom stereocenters. The van der Waals surface area contributed by atoms with Crippen LogP contribution in [-0.4, -0.2) is 17.7 Å². The number of anilines is 3. The minimum Gasteiger partial charge on any atom is -0.350 e. The van der Waals surface area contributed by atoms with Crippen molar-refractivity contribution >= 4 is 62.5 Å². The fourth-order valence-electron chi connectivity index (χ4n) is 3.85. The second-order valence-electron chi connectivity index (χ2n) is 8.70. The normalized spacial score (nSPS) is 13.2. The first-order valence-corrected chi connectivity index (χ1v) is 13.5. The standard InChI is InChI=1S/C30H21BrFN3O3S/c1-18-2-10-22(11-3-18)33-26-27(30(38)35(29(26)37)24-14-8-21(32)9-15-24)39-25-16-12-23(13-17-25)34-28(36)19-4-6-20(31)7-5-19/h2-17,33H,1H3,(H,34,36). The highest BCUT2D eigenvalue weighted by Gasteiger charge is 2.40. The molecule has 0 fully saturated rings. The van der Waals surface area contributed by atoms with Crippen molar-refractivity contribution in [1.29, 1.82) is 0 Å². The molecule has 0 saturated heterocycles. The lowest BCUT2D eigenvalue weighted by Crippen LogP contribution is -2.32. The van der Waals surface area contributed by atoms with Gasteiger partial charge < -0.3 is 10.6 Å². The average Bonchev–Trinajstić information content (AvgIpc) is 3.15. The monoisotopic (exact) mass is 601 g/mol. The number of nitrogens with one attached hydrogen (secondary N) is 2. The lowest BCUT2D eigenvalue weighted by Gasteiger charge is -2.15. The number of halogens is 2. The number of amides is 3. The fourth-order valence-corrected chi connectivity index (χ4v) is 5.04. The molecule has 3 amide bonds. The minimum atomic E-state index is -0.534.